The van der Waals surface area contributed by atoms with Crippen molar-refractivity contribution in [3.05, 3.63) is 0 Å². The SMILES string of the molecule is CC(C)[Si](OC[C@H](O)[C@@H](C)[C@@H]1O[C@@H]1C)(C(C)C)C(C)C. The maximum absolute atomic E-state index is 10.4. The minimum atomic E-state index is -1.87. The summed E-state index contributed by atoms with van der Waals surface area (Å²) in [7, 11) is -1.87. The summed E-state index contributed by atoms with van der Waals surface area (Å²) in [5, 5.41) is 10.4. The van der Waals surface area contributed by atoms with E-state index in [-0.39, 0.29) is 12.0 Å². The van der Waals surface area contributed by atoms with Gasteiger partial charge in [0.25, 0.3) is 0 Å². The summed E-state index contributed by atoms with van der Waals surface area (Å²) >= 11 is 0. The number of hydrogen-bond donors (Lipinski definition) is 1. The predicted molar refractivity (Wildman–Crippen MR) is 86.5 cm³/mol. The molecule has 20 heavy (non-hydrogen) atoms. The van der Waals surface area contributed by atoms with Gasteiger partial charge in [-0.3, -0.25) is 0 Å². The molecule has 1 aliphatic rings. The van der Waals surface area contributed by atoms with Crippen LogP contribution in [0.3, 0.4) is 0 Å². The molecule has 0 unspecified atom stereocenters. The maximum atomic E-state index is 10.4. The topological polar surface area (TPSA) is 42.0 Å². The molecule has 4 heteroatoms. The summed E-state index contributed by atoms with van der Waals surface area (Å²) in [5.41, 5.74) is 1.67. The highest BCUT2D eigenvalue weighted by molar-refractivity contribution is 6.77. The summed E-state index contributed by atoms with van der Waals surface area (Å²) in [6.45, 7) is 18.2. The number of rotatable bonds is 8. The van der Waals surface area contributed by atoms with Crippen LogP contribution in [-0.2, 0) is 9.16 Å². The van der Waals surface area contributed by atoms with Gasteiger partial charge in [-0.1, -0.05) is 48.5 Å². The highest BCUT2D eigenvalue weighted by Gasteiger charge is 2.47. The fourth-order valence-corrected chi connectivity index (χ4v) is 9.31. The number of aliphatic hydroxyl groups is 1. The molecule has 0 saturated carbocycles. The van der Waals surface area contributed by atoms with E-state index < -0.39 is 14.4 Å². The van der Waals surface area contributed by atoms with Crippen LogP contribution in [0.1, 0.15) is 55.4 Å². The van der Waals surface area contributed by atoms with Crippen LogP contribution in [0.25, 0.3) is 0 Å². The second kappa shape index (κ2) is 6.90. The molecule has 0 spiro atoms. The average molecular weight is 303 g/mol. The second-order valence-electron chi connectivity index (χ2n) is 7.36. The van der Waals surface area contributed by atoms with Crippen LogP contribution < -0.4 is 0 Å². The van der Waals surface area contributed by atoms with E-state index >= 15 is 0 Å². The Morgan fingerprint density at radius 1 is 1.00 bits per heavy atom. The van der Waals surface area contributed by atoms with Crippen molar-refractivity contribution < 1.29 is 14.3 Å². The van der Waals surface area contributed by atoms with E-state index in [0.29, 0.717) is 29.3 Å². The van der Waals surface area contributed by atoms with Crippen molar-refractivity contribution in [1.29, 1.82) is 0 Å². The quantitative estimate of drug-likeness (QED) is 0.545. The lowest BCUT2D eigenvalue weighted by Crippen LogP contribution is -2.49. The first-order chi connectivity index (χ1) is 9.14. The van der Waals surface area contributed by atoms with Crippen molar-refractivity contribution in [3.63, 3.8) is 0 Å². The van der Waals surface area contributed by atoms with Crippen molar-refractivity contribution in [2.75, 3.05) is 6.61 Å². The number of aliphatic hydroxyl groups excluding tert-OH is 1. The fourth-order valence-electron chi connectivity index (χ4n) is 3.85. The number of hydrogen-bond acceptors (Lipinski definition) is 3. The van der Waals surface area contributed by atoms with Gasteiger partial charge in [-0.15, -0.1) is 0 Å². The highest BCUT2D eigenvalue weighted by Crippen LogP contribution is 2.42. The molecule has 3 nitrogen and oxygen atoms in total. The molecule has 0 bridgehead atoms. The fraction of sp³-hybridized carbons (Fsp3) is 1.00. The Hall–Kier alpha value is 0.0969. The Balaban J connectivity index is 2.66. The van der Waals surface area contributed by atoms with Gasteiger partial charge in [-0.25, -0.2) is 0 Å². The minimum Gasteiger partial charge on any atom is -0.413 e. The van der Waals surface area contributed by atoms with Gasteiger partial charge in [0, 0.05) is 5.92 Å². The summed E-state index contributed by atoms with van der Waals surface area (Å²) in [4.78, 5) is 0. The van der Waals surface area contributed by atoms with Gasteiger partial charge in [0.05, 0.1) is 24.9 Å². The van der Waals surface area contributed by atoms with Gasteiger partial charge < -0.3 is 14.3 Å². The smallest absolute Gasteiger partial charge is 0.200 e. The second-order valence-corrected chi connectivity index (χ2v) is 12.8. The van der Waals surface area contributed by atoms with Crippen LogP contribution in [0, 0.1) is 5.92 Å². The molecule has 1 rings (SSSR count). The molecular weight excluding hydrogens is 268 g/mol. The van der Waals surface area contributed by atoms with Crippen LogP contribution in [-0.4, -0.2) is 38.3 Å². The molecule has 4 atom stereocenters. The van der Waals surface area contributed by atoms with E-state index in [1.165, 1.54) is 0 Å². The standard InChI is InChI=1S/C16H34O3Si/c1-10(2)20(11(3)4,12(5)6)18-9-15(17)13(7)16-14(8)19-16/h10-17H,9H2,1-8H3/t13-,14-,15+,16+/m1/s1. The predicted octanol–water partition coefficient (Wildman–Crippen LogP) is 3.96. The molecule has 1 heterocycles. The third-order valence-electron chi connectivity index (χ3n) is 5.09. The molecule has 1 saturated heterocycles. The molecule has 1 N–H and O–H groups in total. The van der Waals surface area contributed by atoms with Gasteiger partial charge in [0.15, 0.2) is 8.32 Å². The Morgan fingerprint density at radius 2 is 1.40 bits per heavy atom. The van der Waals surface area contributed by atoms with Crippen LogP contribution >= 0.6 is 0 Å². The van der Waals surface area contributed by atoms with Crippen LogP contribution in [0.2, 0.25) is 16.6 Å². The van der Waals surface area contributed by atoms with Crippen molar-refractivity contribution in [2.45, 2.75) is 90.3 Å². The number of ether oxygens (including phenoxy) is 1. The zero-order valence-corrected chi connectivity index (χ0v) is 15.5. The molecule has 120 valence electrons. The normalized spacial score (nSPS) is 26.4. The molecule has 0 radical (unpaired) electrons. The van der Waals surface area contributed by atoms with Gasteiger partial charge in [-0.2, -0.15) is 0 Å². The lowest BCUT2D eigenvalue weighted by atomic mass is 10.00. The lowest BCUT2D eigenvalue weighted by molar-refractivity contribution is 0.0455. The number of epoxide rings is 1. The molecule has 0 aromatic rings. The van der Waals surface area contributed by atoms with Crippen molar-refractivity contribution in [2.24, 2.45) is 5.92 Å². The molecule has 0 amide bonds. The van der Waals surface area contributed by atoms with E-state index in [4.69, 9.17) is 9.16 Å². The summed E-state index contributed by atoms with van der Waals surface area (Å²) < 4.78 is 11.9. The van der Waals surface area contributed by atoms with E-state index in [1.807, 2.05) is 0 Å². The Morgan fingerprint density at radius 3 is 1.70 bits per heavy atom. The zero-order chi connectivity index (χ0) is 15.7. The van der Waals surface area contributed by atoms with E-state index in [2.05, 4.69) is 55.4 Å². The largest absolute Gasteiger partial charge is 0.413 e. The Labute approximate surface area is 126 Å². The molecule has 0 aliphatic carbocycles. The summed E-state index contributed by atoms with van der Waals surface area (Å²) in [5.74, 6) is 0.156. The zero-order valence-electron chi connectivity index (χ0n) is 14.5. The molecule has 0 aromatic heterocycles. The van der Waals surface area contributed by atoms with Crippen LogP contribution in [0.4, 0.5) is 0 Å². The third-order valence-corrected chi connectivity index (χ3v) is 11.2. The third kappa shape index (κ3) is 3.64. The first kappa shape index (κ1) is 18.1. The highest BCUT2D eigenvalue weighted by atomic mass is 28.4. The van der Waals surface area contributed by atoms with Gasteiger partial charge in [-0.05, 0) is 23.5 Å². The van der Waals surface area contributed by atoms with Crippen molar-refractivity contribution in [3.8, 4) is 0 Å². The van der Waals surface area contributed by atoms with Crippen molar-refractivity contribution >= 4 is 8.32 Å². The van der Waals surface area contributed by atoms with Crippen molar-refractivity contribution in [1.82, 2.24) is 0 Å². The van der Waals surface area contributed by atoms with Gasteiger partial charge in [0.1, 0.15) is 0 Å². The molecule has 1 fully saturated rings. The Bertz CT molecular complexity index is 282. The van der Waals surface area contributed by atoms with Crippen LogP contribution in [0.15, 0.2) is 0 Å². The van der Waals surface area contributed by atoms with E-state index in [1.54, 1.807) is 0 Å². The van der Waals surface area contributed by atoms with E-state index in [9.17, 15) is 5.11 Å². The maximum Gasteiger partial charge on any atom is 0.200 e. The Kier molecular flexibility index (Phi) is 6.26. The van der Waals surface area contributed by atoms with Gasteiger partial charge in [0.2, 0.25) is 0 Å². The molecule has 1 aliphatic heterocycles. The van der Waals surface area contributed by atoms with Gasteiger partial charge >= 0.3 is 0 Å². The molecule has 0 aromatic carbocycles. The molecular formula is C16H34O3Si. The minimum absolute atomic E-state index is 0.156. The summed E-state index contributed by atoms with van der Waals surface area (Å²) in [6, 6.07) is 0. The first-order valence-electron chi connectivity index (χ1n) is 8.12. The first-order valence-corrected chi connectivity index (χ1v) is 10.3. The lowest BCUT2D eigenvalue weighted by Gasteiger charge is -2.43. The monoisotopic (exact) mass is 302 g/mol. The van der Waals surface area contributed by atoms with Crippen LogP contribution in [0.5, 0.6) is 0 Å². The van der Waals surface area contributed by atoms with E-state index in [0.717, 1.165) is 0 Å². The average Bonchev–Trinajstić information content (AvgIpc) is 3.04. The summed E-state index contributed by atoms with van der Waals surface area (Å²) in [6.07, 6.45) is 0.0804.